The van der Waals surface area contributed by atoms with Gasteiger partial charge in [-0.05, 0) is 44.2 Å². The molecule has 2 aliphatic rings. The van der Waals surface area contributed by atoms with Crippen molar-refractivity contribution in [2.24, 2.45) is 4.99 Å². The monoisotopic (exact) mass is 350 g/mol. The van der Waals surface area contributed by atoms with E-state index in [-0.39, 0.29) is 12.5 Å². The molecule has 1 aliphatic heterocycles. The van der Waals surface area contributed by atoms with E-state index in [1.54, 1.807) is 17.4 Å². The molecule has 3 nitrogen and oxygen atoms in total. The fraction of sp³-hybridized carbons (Fsp3) is 0.333. The van der Waals surface area contributed by atoms with Crippen LogP contribution in [-0.4, -0.2) is 24.7 Å². The number of nitrogens with zero attached hydrogens (tertiary/aromatic N) is 2. The molecule has 2 heterocycles. The van der Waals surface area contributed by atoms with E-state index in [4.69, 9.17) is 4.99 Å². The quantitative estimate of drug-likeness (QED) is 0.760. The molecule has 1 aliphatic carbocycles. The molecule has 0 saturated carbocycles. The molecular weight excluding hydrogens is 328 g/mol. The third-order valence-corrected chi connectivity index (χ3v) is 6.23. The van der Waals surface area contributed by atoms with Crippen molar-refractivity contribution in [3.8, 4) is 0 Å². The maximum Gasteiger partial charge on any atom is 0.249 e. The highest BCUT2D eigenvalue weighted by atomic mass is 32.1. The minimum absolute atomic E-state index is 0.0578. The summed E-state index contributed by atoms with van der Waals surface area (Å²) in [5.74, 6) is 0.0578. The van der Waals surface area contributed by atoms with Crippen LogP contribution in [-0.2, 0) is 17.6 Å². The highest BCUT2D eigenvalue weighted by Crippen LogP contribution is 2.42. The first kappa shape index (κ1) is 16.3. The van der Waals surface area contributed by atoms with Gasteiger partial charge in [-0.1, -0.05) is 29.8 Å². The summed E-state index contributed by atoms with van der Waals surface area (Å²) in [5, 5.41) is 1.06. The molecule has 1 aromatic heterocycles. The Kier molecular flexibility index (Phi) is 4.30. The largest absolute Gasteiger partial charge is 0.298 e. The second-order valence-electron chi connectivity index (χ2n) is 6.72. The molecule has 4 rings (SSSR count). The van der Waals surface area contributed by atoms with Crippen molar-refractivity contribution in [3.63, 3.8) is 0 Å². The summed E-state index contributed by atoms with van der Waals surface area (Å²) in [5.41, 5.74) is 5.91. The van der Waals surface area contributed by atoms with Crippen molar-refractivity contribution in [2.75, 3.05) is 18.0 Å². The molecule has 25 heavy (non-hydrogen) atoms. The lowest BCUT2D eigenvalue weighted by atomic mass is 9.91. The topological polar surface area (TPSA) is 32.7 Å². The summed E-state index contributed by atoms with van der Waals surface area (Å²) in [7, 11) is 0. The average Bonchev–Trinajstić information content (AvgIpc) is 2.93. The molecule has 0 N–H and O–H groups in total. The lowest BCUT2D eigenvalue weighted by Crippen LogP contribution is -2.31. The summed E-state index contributed by atoms with van der Waals surface area (Å²) in [4.78, 5) is 20.8. The second kappa shape index (κ2) is 6.60. The molecule has 4 heteroatoms. The maximum absolute atomic E-state index is 12.7. The van der Waals surface area contributed by atoms with Crippen LogP contribution in [0.15, 0.2) is 41.9 Å². The van der Waals surface area contributed by atoms with E-state index >= 15 is 0 Å². The SMILES string of the molecule is C=CCN1C(=O)CN=C(c2cccc(C)c2)c2c1sc1c2CCCC1. The Morgan fingerprint density at radius 3 is 2.96 bits per heavy atom. The minimum Gasteiger partial charge on any atom is -0.298 e. The predicted molar refractivity (Wildman–Crippen MR) is 105 cm³/mol. The molecule has 1 aromatic carbocycles. The van der Waals surface area contributed by atoms with Gasteiger partial charge in [-0.15, -0.1) is 17.9 Å². The number of hydrogen-bond donors (Lipinski definition) is 0. The first-order valence-electron chi connectivity index (χ1n) is 8.86. The van der Waals surface area contributed by atoms with Crippen molar-refractivity contribution in [3.05, 3.63) is 64.1 Å². The van der Waals surface area contributed by atoms with Crippen LogP contribution in [0.2, 0.25) is 0 Å². The lowest BCUT2D eigenvalue weighted by Gasteiger charge is -2.19. The van der Waals surface area contributed by atoms with Crippen LogP contribution in [0.1, 0.15) is 40.0 Å². The van der Waals surface area contributed by atoms with Crippen LogP contribution >= 0.6 is 11.3 Å². The number of rotatable bonds is 3. The molecule has 0 unspecified atom stereocenters. The van der Waals surface area contributed by atoms with Gasteiger partial charge >= 0.3 is 0 Å². The average molecular weight is 350 g/mol. The third kappa shape index (κ3) is 2.85. The van der Waals surface area contributed by atoms with Gasteiger partial charge in [0, 0.05) is 22.5 Å². The van der Waals surface area contributed by atoms with Crippen LogP contribution in [0.25, 0.3) is 0 Å². The number of aliphatic imine (C=N–C) groups is 1. The van der Waals surface area contributed by atoms with Crippen molar-refractivity contribution < 1.29 is 4.79 Å². The summed E-state index contributed by atoms with van der Waals surface area (Å²) in [6.45, 7) is 6.68. The standard InChI is InChI=1S/C21H22N2OS/c1-3-11-23-18(24)13-22-20(15-8-6-7-14(2)12-15)19-16-9-4-5-10-17(16)25-21(19)23/h3,6-8,12H,1,4-5,9-11,13H2,2H3. The van der Waals surface area contributed by atoms with E-state index in [9.17, 15) is 4.79 Å². The molecular formula is C21H22N2OS. The summed E-state index contributed by atoms with van der Waals surface area (Å²) >= 11 is 1.78. The van der Waals surface area contributed by atoms with Gasteiger partial charge in [0.05, 0.1) is 5.71 Å². The summed E-state index contributed by atoms with van der Waals surface area (Å²) in [6, 6.07) is 8.44. The number of carbonyl (C=O) groups excluding carboxylic acids is 1. The smallest absolute Gasteiger partial charge is 0.249 e. The zero-order valence-corrected chi connectivity index (χ0v) is 15.4. The van der Waals surface area contributed by atoms with E-state index in [0.29, 0.717) is 6.54 Å². The highest BCUT2D eigenvalue weighted by Gasteiger charge is 2.31. The first-order valence-corrected chi connectivity index (χ1v) is 9.68. The first-order chi connectivity index (χ1) is 12.2. The highest BCUT2D eigenvalue weighted by molar-refractivity contribution is 7.17. The van der Waals surface area contributed by atoms with E-state index < -0.39 is 0 Å². The van der Waals surface area contributed by atoms with Gasteiger partial charge in [-0.3, -0.25) is 14.7 Å². The zero-order chi connectivity index (χ0) is 17.4. The summed E-state index contributed by atoms with van der Waals surface area (Å²) in [6.07, 6.45) is 6.45. The van der Waals surface area contributed by atoms with Gasteiger partial charge < -0.3 is 0 Å². The Hall–Kier alpha value is -2.20. The zero-order valence-electron chi connectivity index (χ0n) is 14.5. The Labute approximate surface area is 152 Å². The van der Waals surface area contributed by atoms with Crippen LogP contribution in [0.3, 0.4) is 0 Å². The predicted octanol–water partition coefficient (Wildman–Crippen LogP) is 4.31. The number of amides is 1. The molecule has 0 radical (unpaired) electrons. The van der Waals surface area contributed by atoms with Crippen molar-refractivity contribution in [1.82, 2.24) is 0 Å². The van der Waals surface area contributed by atoms with Crippen LogP contribution in [0, 0.1) is 6.92 Å². The summed E-state index contributed by atoms with van der Waals surface area (Å²) < 4.78 is 0. The maximum atomic E-state index is 12.7. The van der Waals surface area contributed by atoms with Gasteiger partial charge in [0.1, 0.15) is 11.5 Å². The molecule has 0 saturated heterocycles. The van der Waals surface area contributed by atoms with E-state index in [0.717, 1.165) is 29.1 Å². The number of benzene rings is 1. The number of hydrogen-bond acceptors (Lipinski definition) is 3. The number of thiophene rings is 1. The Morgan fingerprint density at radius 2 is 2.16 bits per heavy atom. The van der Waals surface area contributed by atoms with Crippen LogP contribution < -0.4 is 4.90 Å². The second-order valence-corrected chi connectivity index (χ2v) is 7.80. The molecule has 1 amide bonds. The van der Waals surface area contributed by atoms with Gasteiger partial charge in [0.2, 0.25) is 5.91 Å². The van der Waals surface area contributed by atoms with Crippen molar-refractivity contribution in [1.29, 1.82) is 0 Å². The molecule has 128 valence electrons. The van der Waals surface area contributed by atoms with Crippen LogP contribution in [0.5, 0.6) is 0 Å². The Bertz CT molecular complexity index is 878. The molecule has 0 atom stereocenters. The van der Waals surface area contributed by atoms with Crippen molar-refractivity contribution in [2.45, 2.75) is 32.6 Å². The number of anilines is 1. The molecule has 2 aromatic rings. The van der Waals surface area contributed by atoms with E-state index in [2.05, 4.69) is 37.8 Å². The number of aryl methyl sites for hydroxylation is 2. The lowest BCUT2D eigenvalue weighted by molar-refractivity contribution is -0.117. The van der Waals surface area contributed by atoms with E-state index in [1.807, 2.05) is 4.90 Å². The normalized spacial score (nSPS) is 16.8. The number of fused-ring (bicyclic) bond motifs is 3. The fourth-order valence-electron chi connectivity index (χ4n) is 3.75. The van der Waals surface area contributed by atoms with Crippen LogP contribution in [0.4, 0.5) is 5.00 Å². The Morgan fingerprint density at radius 1 is 1.32 bits per heavy atom. The molecule has 0 bridgehead atoms. The van der Waals surface area contributed by atoms with E-state index in [1.165, 1.54) is 34.4 Å². The minimum atomic E-state index is 0.0578. The molecule has 0 fully saturated rings. The van der Waals surface area contributed by atoms with Gasteiger partial charge in [0.15, 0.2) is 0 Å². The van der Waals surface area contributed by atoms with Crippen molar-refractivity contribution >= 4 is 28.0 Å². The fourth-order valence-corrected chi connectivity index (χ4v) is 5.17. The third-order valence-electron chi connectivity index (χ3n) is 4.91. The Balaban J connectivity index is 1.94. The number of carbonyl (C=O) groups is 1. The van der Waals surface area contributed by atoms with Gasteiger partial charge in [-0.25, -0.2) is 0 Å². The van der Waals surface area contributed by atoms with Gasteiger partial charge in [-0.2, -0.15) is 0 Å². The van der Waals surface area contributed by atoms with Gasteiger partial charge in [0.25, 0.3) is 0 Å². The molecule has 0 spiro atoms.